The molecule has 0 saturated carbocycles. The molecule has 0 fully saturated rings. The predicted molar refractivity (Wildman–Crippen MR) is 51.8 cm³/mol. The molecule has 3 N–H and O–H groups in total. The summed E-state index contributed by atoms with van der Waals surface area (Å²) in [7, 11) is 1.36. The number of rotatable bonds is 2. The second-order valence-corrected chi connectivity index (χ2v) is 3.73. The molecule has 0 saturated heterocycles. The summed E-state index contributed by atoms with van der Waals surface area (Å²) < 4.78 is 18.2. The third kappa shape index (κ3) is 1.96. The third-order valence-corrected chi connectivity index (χ3v) is 1.96. The van der Waals surface area contributed by atoms with Gasteiger partial charge in [0.25, 0.3) is 0 Å². The Morgan fingerprint density at radius 2 is 2.00 bits per heavy atom. The van der Waals surface area contributed by atoms with Crippen LogP contribution in [0.3, 0.4) is 0 Å². The van der Waals surface area contributed by atoms with Crippen LogP contribution in [0.1, 0.15) is 19.4 Å². The molecule has 0 atom stereocenters. The van der Waals surface area contributed by atoms with Crippen molar-refractivity contribution in [2.24, 2.45) is 5.73 Å². The van der Waals surface area contributed by atoms with Gasteiger partial charge in [-0.05, 0) is 19.9 Å². The van der Waals surface area contributed by atoms with Gasteiger partial charge in [0.2, 0.25) is 0 Å². The Labute approximate surface area is 82.3 Å². The molecule has 78 valence electrons. The minimum absolute atomic E-state index is 0.107. The molecule has 0 aliphatic carbocycles. The Bertz CT molecular complexity index is 345. The Kier molecular flexibility index (Phi) is 2.66. The summed E-state index contributed by atoms with van der Waals surface area (Å²) in [6.07, 6.45) is 0. The van der Waals surface area contributed by atoms with Crippen LogP contribution in [0.2, 0.25) is 0 Å². The Balaban J connectivity index is 3.29. The average Bonchev–Trinajstić information content (AvgIpc) is 2.06. The van der Waals surface area contributed by atoms with Crippen molar-refractivity contribution in [2.45, 2.75) is 19.4 Å². The van der Waals surface area contributed by atoms with Gasteiger partial charge in [-0.15, -0.1) is 0 Å². The van der Waals surface area contributed by atoms with E-state index in [9.17, 15) is 9.50 Å². The molecule has 0 heterocycles. The normalized spacial score (nSPS) is 11.5. The van der Waals surface area contributed by atoms with Gasteiger partial charge in [0, 0.05) is 17.2 Å². The van der Waals surface area contributed by atoms with Crippen LogP contribution in [-0.4, -0.2) is 12.2 Å². The van der Waals surface area contributed by atoms with Crippen molar-refractivity contribution in [1.82, 2.24) is 0 Å². The molecule has 0 aromatic heterocycles. The molecule has 0 spiro atoms. The SMILES string of the molecule is COc1cc(F)c(C(C)(C)N)cc1O. The minimum atomic E-state index is -0.826. The van der Waals surface area contributed by atoms with Crippen LogP contribution in [0, 0.1) is 5.82 Å². The number of ether oxygens (including phenoxy) is 1. The number of aromatic hydroxyl groups is 1. The van der Waals surface area contributed by atoms with E-state index < -0.39 is 11.4 Å². The van der Waals surface area contributed by atoms with E-state index in [0.717, 1.165) is 6.07 Å². The number of benzene rings is 1. The fourth-order valence-corrected chi connectivity index (χ4v) is 1.20. The summed E-state index contributed by atoms with van der Waals surface area (Å²) >= 11 is 0. The number of phenolic OH excluding ortho intramolecular Hbond substituents is 1. The maximum Gasteiger partial charge on any atom is 0.163 e. The minimum Gasteiger partial charge on any atom is -0.504 e. The number of methoxy groups -OCH3 is 1. The van der Waals surface area contributed by atoms with Crippen molar-refractivity contribution < 1.29 is 14.2 Å². The van der Waals surface area contributed by atoms with Crippen LogP contribution in [0.25, 0.3) is 0 Å². The van der Waals surface area contributed by atoms with Gasteiger partial charge in [0.1, 0.15) is 5.82 Å². The zero-order valence-electron chi connectivity index (χ0n) is 8.47. The summed E-state index contributed by atoms with van der Waals surface area (Å²) in [6, 6.07) is 2.41. The molecule has 1 aromatic carbocycles. The summed E-state index contributed by atoms with van der Waals surface area (Å²) in [5.41, 5.74) is 5.16. The molecule has 0 radical (unpaired) electrons. The number of hydrogen-bond donors (Lipinski definition) is 2. The molecule has 0 bridgehead atoms. The van der Waals surface area contributed by atoms with E-state index in [4.69, 9.17) is 10.5 Å². The lowest BCUT2D eigenvalue weighted by molar-refractivity contribution is 0.366. The van der Waals surface area contributed by atoms with Crippen LogP contribution in [0.5, 0.6) is 11.5 Å². The van der Waals surface area contributed by atoms with Crippen molar-refractivity contribution in [3.05, 3.63) is 23.5 Å². The number of halogens is 1. The molecule has 1 aromatic rings. The summed E-state index contributed by atoms with van der Waals surface area (Å²) in [6.45, 7) is 3.33. The van der Waals surface area contributed by atoms with Crippen molar-refractivity contribution in [3.63, 3.8) is 0 Å². The van der Waals surface area contributed by atoms with Crippen molar-refractivity contribution in [2.75, 3.05) is 7.11 Å². The quantitative estimate of drug-likeness (QED) is 0.762. The highest BCUT2D eigenvalue weighted by molar-refractivity contribution is 5.44. The Hall–Kier alpha value is -1.29. The first-order valence-corrected chi connectivity index (χ1v) is 4.22. The smallest absolute Gasteiger partial charge is 0.163 e. The molecule has 14 heavy (non-hydrogen) atoms. The van der Waals surface area contributed by atoms with E-state index in [0.29, 0.717) is 0 Å². The van der Waals surface area contributed by atoms with Crippen molar-refractivity contribution in [3.8, 4) is 11.5 Å². The molecule has 4 heteroatoms. The summed E-state index contributed by atoms with van der Waals surface area (Å²) in [5, 5.41) is 9.43. The Morgan fingerprint density at radius 3 is 2.43 bits per heavy atom. The van der Waals surface area contributed by atoms with E-state index >= 15 is 0 Å². The van der Waals surface area contributed by atoms with Gasteiger partial charge in [-0.3, -0.25) is 0 Å². The van der Waals surface area contributed by atoms with Crippen LogP contribution in [0.15, 0.2) is 12.1 Å². The molecular weight excluding hydrogens is 185 g/mol. The molecule has 0 aliphatic heterocycles. The highest BCUT2D eigenvalue weighted by Crippen LogP contribution is 2.32. The standard InChI is InChI=1S/C10H14FNO2/c1-10(2,12)6-4-8(13)9(14-3)5-7(6)11/h4-5,13H,12H2,1-3H3. The van der Waals surface area contributed by atoms with Crippen LogP contribution in [-0.2, 0) is 5.54 Å². The van der Waals surface area contributed by atoms with E-state index in [1.807, 2.05) is 0 Å². The topological polar surface area (TPSA) is 55.5 Å². The van der Waals surface area contributed by atoms with E-state index in [2.05, 4.69) is 0 Å². The van der Waals surface area contributed by atoms with Gasteiger partial charge in [0.15, 0.2) is 11.5 Å². The zero-order valence-corrected chi connectivity index (χ0v) is 8.47. The number of nitrogens with two attached hydrogens (primary N) is 1. The molecule has 3 nitrogen and oxygen atoms in total. The molecule has 0 aliphatic rings. The van der Waals surface area contributed by atoms with Crippen molar-refractivity contribution >= 4 is 0 Å². The second-order valence-electron chi connectivity index (χ2n) is 3.73. The predicted octanol–water partition coefficient (Wildman–Crippen LogP) is 1.73. The van der Waals surface area contributed by atoms with Crippen LogP contribution >= 0.6 is 0 Å². The fraction of sp³-hybridized carbons (Fsp3) is 0.400. The van der Waals surface area contributed by atoms with Gasteiger partial charge < -0.3 is 15.6 Å². The molecular formula is C10H14FNO2. The first-order valence-electron chi connectivity index (χ1n) is 4.22. The van der Waals surface area contributed by atoms with Gasteiger partial charge in [-0.2, -0.15) is 0 Å². The second kappa shape index (κ2) is 3.46. The average molecular weight is 199 g/mol. The van der Waals surface area contributed by atoms with E-state index in [-0.39, 0.29) is 17.1 Å². The Morgan fingerprint density at radius 1 is 1.43 bits per heavy atom. The molecule has 0 unspecified atom stereocenters. The van der Waals surface area contributed by atoms with Crippen molar-refractivity contribution in [1.29, 1.82) is 0 Å². The van der Waals surface area contributed by atoms with Gasteiger partial charge >= 0.3 is 0 Å². The highest BCUT2D eigenvalue weighted by atomic mass is 19.1. The zero-order chi connectivity index (χ0) is 10.9. The lowest BCUT2D eigenvalue weighted by Crippen LogP contribution is -2.29. The first-order chi connectivity index (χ1) is 6.36. The third-order valence-electron chi connectivity index (χ3n) is 1.96. The number of hydrogen-bond acceptors (Lipinski definition) is 3. The highest BCUT2D eigenvalue weighted by Gasteiger charge is 2.21. The van der Waals surface area contributed by atoms with Gasteiger partial charge in [0.05, 0.1) is 7.11 Å². The molecule has 1 rings (SSSR count). The van der Waals surface area contributed by atoms with E-state index in [1.54, 1.807) is 13.8 Å². The fourth-order valence-electron chi connectivity index (χ4n) is 1.20. The largest absolute Gasteiger partial charge is 0.504 e. The van der Waals surface area contributed by atoms with Crippen LogP contribution < -0.4 is 10.5 Å². The summed E-state index contributed by atoms with van der Waals surface area (Å²) in [5.74, 6) is -0.481. The van der Waals surface area contributed by atoms with Gasteiger partial charge in [-0.25, -0.2) is 4.39 Å². The van der Waals surface area contributed by atoms with Crippen LogP contribution in [0.4, 0.5) is 4.39 Å². The number of phenols is 1. The van der Waals surface area contributed by atoms with Gasteiger partial charge in [-0.1, -0.05) is 0 Å². The van der Waals surface area contributed by atoms with E-state index in [1.165, 1.54) is 13.2 Å². The maximum absolute atomic E-state index is 13.4. The summed E-state index contributed by atoms with van der Waals surface area (Å²) in [4.78, 5) is 0. The first kappa shape index (κ1) is 10.8. The molecule has 0 amide bonds. The lowest BCUT2D eigenvalue weighted by Gasteiger charge is -2.20. The lowest BCUT2D eigenvalue weighted by atomic mass is 9.95. The monoisotopic (exact) mass is 199 g/mol. The maximum atomic E-state index is 13.4.